The van der Waals surface area contributed by atoms with Crippen molar-refractivity contribution < 1.29 is 0 Å². The zero-order valence-corrected chi connectivity index (χ0v) is 9.22. The molecule has 1 aromatic heterocycles. The fraction of sp³-hybridized carbons (Fsp3) is 0.333. The molecule has 4 heteroatoms. The molecule has 0 aliphatic heterocycles. The monoisotopic (exact) mass is 283 g/mol. The van der Waals surface area contributed by atoms with Gasteiger partial charge >= 0.3 is 0 Å². The zero-order valence-electron chi connectivity index (χ0n) is 5.23. The Balaban J connectivity index is 2.81. The summed E-state index contributed by atoms with van der Waals surface area (Å²) >= 11 is 8.54. The van der Waals surface area contributed by atoms with Crippen LogP contribution in [0.2, 0.25) is 0 Å². The molecule has 1 rings (SSSR count). The van der Waals surface area contributed by atoms with Crippen molar-refractivity contribution >= 4 is 43.2 Å². The maximum atomic E-state index is 5.41. The van der Waals surface area contributed by atoms with Gasteiger partial charge in [-0.3, -0.25) is 0 Å². The molecule has 0 aromatic carbocycles. The SMILES string of the molecule is NCCc1cc(Br)sc1Br. The highest BCUT2D eigenvalue weighted by atomic mass is 79.9. The summed E-state index contributed by atoms with van der Waals surface area (Å²) < 4.78 is 2.34. The highest BCUT2D eigenvalue weighted by Crippen LogP contribution is 2.31. The predicted molar refractivity (Wildman–Crippen MR) is 52.5 cm³/mol. The Morgan fingerprint density at radius 1 is 1.50 bits per heavy atom. The van der Waals surface area contributed by atoms with Crippen LogP contribution in [0.1, 0.15) is 5.56 Å². The van der Waals surface area contributed by atoms with Crippen LogP contribution in [-0.2, 0) is 6.42 Å². The van der Waals surface area contributed by atoms with Crippen LogP contribution in [0.15, 0.2) is 13.6 Å². The Bertz CT molecular complexity index is 222. The summed E-state index contributed by atoms with van der Waals surface area (Å²) in [6.45, 7) is 0.710. The summed E-state index contributed by atoms with van der Waals surface area (Å²) in [4.78, 5) is 0. The predicted octanol–water partition coefficient (Wildman–Crippen LogP) is 2.77. The molecule has 0 fully saturated rings. The molecule has 0 amide bonds. The van der Waals surface area contributed by atoms with Crippen molar-refractivity contribution in [1.82, 2.24) is 0 Å². The average Bonchev–Trinajstić information content (AvgIpc) is 2.13. The van der Waals surface area contributed by atoms with Gasteiger partial charge in [-0.15, -0.1) is 11.3 Å². The van der Waals surface area contributed by atoms with E-state index in [0.29, 0.717) is 6.54 Å². The van der Waals surface area contributed by atoms with Crippen LogP contribution in [0.25, 0.3) is 0 Å². The molecule has 0 bridgehead atoms. The number of hydrogen-bond donors (Lipinski definition) is 1. The van der Waals surface area contributed by atoms with Gasteiger partial charge in [0.15, 0.2) is 0 Å². The smallest absolute Gasteiger partial charge is 0.0742 e. The second-order valence-corrected chi connectivity index (χ2v) is 5.64. The molecule has 1 heterocycles. The van der Waals surface area contributed by atoms with E-state index in [4.69, 9.17) is 5.73 Å². The lowest BCUT2D eigenvalue weighted by atomic mass is 10.2. The van der Waals surface area contributed by atoms with Crippen molar-refractivity contribution in [3.8, 4) is 0 Å². The minimum atomic E-state index is 0.710. The van der Waals surface area contributed by atoms with Crippen LogP contribution >= 0.6 is 43.2 Å². The van der Waals surface area contributed by atoms with Crippen molar-refractivity contribution in [1.29, 1.82) is 0 Å². The standard InChI is InChI=1S/C6H7Br2NS/c7-5-3-4(1-2-9)6(8)10-5/h3H,1-2,9H2. The summed E-state index contributed by atoms with van der Waals surface area (Å²) in [5.41, 5.74) is 6.70. The summed E-state index contributed by atoms with van der Waals surface area (Å²) in [5, 5.41) is 0. The van der Waals surface area contributed by atoms with Crippen molar-refractivity contribution in [2.24, 2.45) is 5.73 Å². The van der Waals surface area contributed by atoms with E-state index in [9.17, 15) is 0 Å². The molecule has 0 spiro atoms. The first-order chi connectivity index (χ1) is 4.74. The third-order valence-electron chi connectivity index (χ3n) is 1.14. The van der Waals surface area contributed by atoms with E-state index in [2.05, 4.69) is 37.9 Å². The van der Waals surface area contributed by atoms with Crippen molar-refractivity contribution in [2.75, 3.05) is 6.54 Å². The first-order valence-electron chi connectivity index (χ1n) is 2.88. The van der Waals surface area contributed by atoms with E-state index in [0.717, 1.165) is 10.2 Å². The third kappa shape index (κ3) is 2.05. The molecule has 0 aliphatic rings. The van der Waals surface area contributed by atoms with Gasteiger partial charge in [-0.2, -0.15) is 0 Å². The molecule has 1 nitrogen and oxygen atoms in total. The lowest BCUT2D eigenvalue weighted by molar-refractivity contribution is 0.970. The fourth-order valence-corrected chi connectivity index (χ4v) is 3.61. The Kier molecular flexibility index (Phi) is 3.36. The number of rotatable bonds is 2. The van der Waals surface area contributed by atoms with Gasteiger partial charge < -0.3 is 5.73 Å². The molecule has 0 saturated heterocycles. The summed E-state index contributed by atoms with van der Waals surface area (Å²) in [7, 11) is 0. The second-order valence-electron chi connectivity index (χ2n) is 1.89. The van der Waals surface area contributed by atoms with Crippen LogP contribution in [0.4, 0.5) is 0 Å². The summed E-state index contributed by atoms with van der Waals surface area (Å²) in [5.74, 6) is 0. The Morgan fingerprint density at radius 2 is 2.20 bits per heavy atom. The zero-order chi connectivity index (χ0) is 7.56. The Hall–Kier alpha value is 0.620. The molecular formula is C6H7Br2NS. The van der Waals surface area contributed by atoms with E-state index in [1.807, 2.05) is 0 Å². The highest BCUT2D eigenvalue weighted by molar-refractivity contribution is 9.12. The van der Waals surface area contributed by atoms with Crippen molar-refractivity contribution in [3.63, 3.8) is 0 Å². The molecular weight excluding hydrogens is 278 g/mol. The van der Waals surface area contributed by atoms with Gasteiger partial charge in [0.1, 0.15) is 0 Å². The van der Waals surface area contributed by atoms with Crippen LogP contribution < -0.4 is 5.73 Å². The average molecular weight is 285 g/mol. The molecule has 56 valence electrons. The van der Waals surface area contributed by atoms with E-state index in [-0.39, 0.29) is 0 Å². The quantitative estimate of drug-likeness (QED) is 0.888. The molecule has 10 heavy (non-hydrogen) atoms. The van der Waals surface area contributed by atoms with Gasteiger partial charge in [-0.25, -0.2) is 0 Å². The summed E-state index contributed by atoms with van der Waals surface area (Å²) in [6, 6.07) is 2.10. The van der Waals surface area contributed by atoms with Crippen LogP contribution in [-0.4, -0.2) is 6.54 Å². The molecule has 0 radical (unpaired) electrons. The largest absolute Gasteiger partial charge is 0.330 e. The second kappa shape index (κ2) is 3.85. The van der Waals surface area contributed by atoms with E-state index in [1.54, 1.807) is 11.3 Å². The number of halogens is 2. The maximum absolute atomic E-state index is 5.41. The minimum Gasteiger partial charge on any atom is -0.330 e. The molecule has 0 aliphatic carbocycles. The molecule has 0 saturated carbocycles. The molecule has 2 N–H and O–H groups in total. The molecule has 0 atom stereocenters. The van der Waals surface area contributed by atoms with Gasteiger partial charge in [-0.05, 0) is 56.5 Å². The first kappa shape index (κ1) is 8.71. The lowest BCUT2D eigenvalue weighted by Gasteiger charge is -1.91. The topological polar surface area (TPSA) is 26.0 Å². The van der Waals surface area contributed by atoms with Gasteiger partial charge in [0.05, 0.1) is 7.57 Å². The summed E-state index contributed by atoms with van der Waals surface area (Å²) in [6.07, 6.45) is 0.947. The van der Waals surface area contributed by atoms with Crippen LogP contribution in [0.5, 0.6) is 0 Å². The lowest BCUT2D eigenvalue weighted by Crippen LogP contribution is -2.01. The first-order valence-corrected chi connectivity index (χ1v) is 5.28. The van der Waals surface area contributed by atoms with Crippen molar-refractivity contribution in [3.05, 3.63) is 19.2 Å². The van der Waals surface area contributed by atoms with Crippen molar-refractivity contribution in [2.45, 2.75) is 6.42 Å². The third-order valence-corrected chi connectivity index (χ3v) is 3.60. The Labute approximate surface area is 80.9 Å². The van der Waals surface area contributed by atoms with E-state index >= 15 is 0 Å². The Morgan fingerprint density at radius 3 is 2.60 bits per heavy atom. The van der Waals surface area contributed by atoms with Gasteiger partial charge in [0, 0.05) is 0 Å². The number of hydrogen-bond acceptors (Lipinski definition) is 2. The van der Waals surface area contributed by atoms with Gasteiger partial charge in [-0.1, -0.05) is 0 Å². The van der Waals surface area contributed by atoms with Crippen LogP contribution in [0.3, 0.4) is 0 Å². The highest BCUT2D eigenvalue weighted by Gasteiger charge is 2.02. The minimum absolute atomic E-state index is 0.710. The number of thiophene rings is 1. The molecule has 0 unspecified atom stereocenters. The fourth-order valence-electron chi connectivity index (χ4n) is 0.700. The number of nitrogens with two attached hydrogens (primary N) is 1. The van der Waals surface area contributed by atoms with E-state index < -0.39 is 0 Å². The maximum Gasteiger partial charge on any atom is 0.0742 e. The van der Waals surface area contributed by atoms with E-state index in [1.165, 1.54) is 9.35 Å². The molecule has 1 aromatic rings. The van der Waals surface area contributed by atoms with Gasteiger partial charge in [0.25, 0.3) is 0 Å². The van der Waals surface area contributed by atoms with Gasteiger partial charge in [0.2, 0.25) is 0 Å². The normalized spacial score (nSPS) is 10.3. The van der Waals surface area contributed by atoms with Crippen LogP contribution in [0, 0.1) is 0 Å².